The zero-order valence-corrected chi connectivity index (χ0v) is 17.9. The second kappa shape index (κ2) is 8.55. The van der Waals surface area contributed by atoms with Crippen LogP contribution in [0.25, 0.3) is 0 Å². The van der Waals surface area contributed by atoms with Gasteiger partial charge in [-0.3, -0.25) is 4.79 Å². The van der Waals surface area contributed by atoms with Crippen molar-refractivity contribution in [2.24, 2.45) is 5.92 Å². The highest BCUT2D eigenvalue weighted by Gasteiger charge is 2.30. The minimum absolute atomic E-state index is 0.107. The smallest absolute Gasteiger partial charge is 0.251 e. The SMILES string of the molecule is Cc1cc(C(=O)NCc2ccccc2O)cc(S(=O)(=O)N2CCC(C)CC2)c1C. The van der Waals surface area contributed by atoms with Crippen molar-refractivity contribution in [3.8, 4) is 5.75 Å². The van der Waals surface area contributed by atoms with Crippen LogP contribution in [0, 0.1) is 19.8 Å². The largest absolute Gasteiger partial charge is 0.508 e. The number of hydrogen-bond acceptors (Lipinski definition) is 4. The number of carbonyl (C=O) groups is 1. The first-order valence-corrected chi connectivity index (χ1v) is 11.3. The van der Waals surface area contributed by atoms with Gasteiger partial charge >= 0.3 is 0 Å². The van der Waals surface area contributed by atoms with Crippen molar-refractivity contribution in [1.82, 2.24) is 9.62 Å². The van der Waals surface area contributed by atoms with Gasteiger partial charge in [-0.2, -0.15) is 4.31 Å². The Hall–Kier alpha value is -2.38. The molecule has 1 heterocycles. The minimum Gasteiger partial charge on any atom is -0.508 e. The van der Waals surface area contributed by atoms with E-state index in [9.17, 15) is 18.3 Å². The van der Waals surface area contributed by atoms with E-state index in [1.807, 2.05) is 6.92 Å². The van der Waals surface area contributed by atoms with Gasteiger partial charge in [0.2, 0.25) is 10.0 Å². The van der Waals surface area contributed by atoms with Crippen molar-refractivity contribution in [2.45, 2.75) is 45.1 Å². The Morgan fingerprint density at radius 3 is 2.48 bits per heavy atom. The Balaban J connectivity index is 1.85. The number of aromatic hydroxyl groups is 1. The summed E-state index contributed by atoms with van der Waals surface area (Å²) in [5.74, 6) is 0.256. The molecule has 2 aromatic rings. The topological polar surface area (TPSA) is 86.7 Å². The van der Waals surface area contributed by atoms with Gasteiger partial charge in [-0.25, -0.2) is 8.42 Å². The number of para-hydroxylation sites is 1. The van der Waals surface area contributed by atoms with E-state index in [-0.39, 0.29) is 23.1 Å². The molecule has 0 bridgehead atoms. The van der Waals surface area contributed by atoms with E-state index in [0.29, 0.717) is 35.7 Å². The van der Waals surface area contributed by atoms with Crippen molar-refractivity contribution >= 4 is 15.9 Å². The Morgan fingerprint density at radius 1 is 1.17 bits per heavy atom. The van der Waals surface area contributed by atoms with E-state index in [1.165, 1.54) is 10.4 Å². The van der Waals surface area contributed by atoms with Crippen LogP contribution in [-0.4, -0.2) is 36.8 Å². The molecule has 2 aromatic carbocycles. The zero-order chi connectivity index (χ0) is 21.2. The van der Waals surface area contributed by atoms with Crippen LogP contribution >= 0.6 is 0 Å². The Morgan fingerprint density at radius 2 is 1.83 bits per heavy atom. The number of nitrogens with zero attached hydrogens (tertiary/aromatic N) is 1. The molecule has 7 heteroatoms. The maximum Gasteiger partial charge on any atom is 0.251 e. The van der Waals surface area contributed by atoms with Crippen molar-refractivity contribution < 1.29 is 18.3 Å². The number of hydrogen-bond donors (Lipinski definition) is 2. The van der Waals surface area contributed by atoms with E-state index >= 15 is 0 Å². The monoisotopic (exact) mass is 416 g/mol. The van der Waals surface area contributed by atoms with Crippen molar-refractivity contribution in [3.63, 3.8) is 0 Å². The van der Waals surface area contributed by atoms with Gasteiger partial charge in [-0.05, 0) is 61.9 Å². The van der Waals surface area contributed by atoms with Crippen molar-refractivity contribution in [1.29, 1.82) is 0 Å². The number of phenols is 1. The average molecular weight is 417 g/mol. The summed E-state index contributed by atoms with van der Waals surface area (Å²) in [5.41, 5.74) is 2.32. The van der Waals surface area contributed by atoms with Crippen LogP contribution in [0.2, 0.25) is 0 Å². The van der Waals surface area contributed by atoms with E-state index in [4.69, 9.17) is 0 Å². The minimum atomic E-state index is -3.66. The van der Waals surface area contributed by atoms with Gasteiger partial charge in [0.25, 0.3) is 5.91 Å². The van der Waals surface area contributed by atoms with Crippen LogP contribution in [0.5, 0.6) is 5.75 Å². The van der Waals surface area contributed by atoms with Crippen LogP contribution in [-0.2, 0) is 16.6 Å². The molecular formula is C22H28N2O4S. The number of benzene rings is 2. The highest BCUT2D eigenvalue weighted by atomic mass is 32.2. The molecule has 0 radical (unpaired) electrons. The highest BCUT2D eigenvalue weighted by molar-refractivity contribution is 7.89. The molecule has 0 saturated carbocycles. The summed E-state index contributed by atoms with van der Waals surface area (Å²) in [6, 6.07) is 9.94. The molecule has 0 spiro atoms. The van der Waals surface area contributed by atoms with Gasteiger partial charge in [0, 0.05) is 30.8 Å². The third kappa shape index (κ3) is 4.62. The lowest BCUT2D eigenvalue weighted by Gasteiger charge is -2.30. The quantitative estimate of drug-likeness (QED) is 0.782. The first-order chi connectivity index (χ1) is 13.7. The van der Waals surface area contributed by atoms with Crippen LogP contribution in [0.3, 0.4) is 0 Å². The second-order valence-corrected chi connectivity index (χ2v) is 9.72. The number of aryl methyl sites for hydroxylation is 1. The number of phenolic OH excluding ortho intramolecular Hbond substituents is 1. The third-order valence-electron chi connectivity index (χ3n) is 5.67. The predicted octanol–water partition coefficient (Wildman–Crippen LogP) is 3.36. The normalized spacial score (nSPS) is 16.0. The van der Waals surface area contributed by atoms with Crippen LogP contribution in [0.15, 0.2) is 41.3 Å². The summed E-state index contributed by atoms with van der Waals surface area (Å²) in [7, 11) is -3.66. The maximum absolute atomic E-state index is 13.2. The van der Waals surface area contributed by atoms with Gasteiger partial charge in [0.05, 0.1) is 4.90 Å². The lowest BCUT2D eigenvalue weighted by atomic mass is 10.0. The molecule has 29 heavy (non-hydrogen) atoms. The molecular weight excluding hydrogens is 388 g/mol. The molecule has 1 aliphatic rings. The predicted molar refractivity (Wildman–Crippen MR) is 112 cm³/mol. The Kier molecular flexibility index (Phi) is 6.29. The van der Waals surface area contributed by atoms with Gasteiger partial charge in [0.1, 0.15) is 5.75 Å². The average Bonchev–Trinajstić information content (AvgIpc) is 2.69. The number of amides is 1. The first-order valence-electron chi connectivity index (χ1n) is 9.86. The molecule has 6 nitrogen and oxygen atoms in total. The number of nitrogens with one attached hydrogen (secondary N) is 1. The summed E-state index contributed by atoms with van der Waals surface area (Å²) in [6.45, 7) is 6.89. The standard InChI is InChI=1S/C22H28N2O4S/c1-15-8-10-24(11-9-15)29(27,28)21-13-19(12-16(2)17(21)3)22(26)23-14-18-6-4-5-7-20(18)25/h4-7,12-13,15,25H,8-11,14H2,1-3H3,(H,23,26). The molecule has 156 valence electrons. The molecule has 1 fully saturated rings. The molecule has 1 aliphatic heterocycles. The van der Waals surface area contributed by atoms with E-state index < -0.39 is 10.0 Å². The molecule has 1 saturated heterocycles. The zero-order valence-electron chi connectivity index (χ0n) is 17.1. The summed E-state index contributed by atoms with van der Waals surface area (Å²) < 4.78 is 28.0. The van der Waals surface area contributed by atoms with E-state index in [2.05, 4.69) is 12.2 Å². The molecule has 2 N–H and O–H groups in total. The summed E-state index contributed by atoms with van der Waals surface area (Å²) in [5, 5.41) is 12.6. The molecule has 0 atom stereocenters. The lowest BCUT2D eigenvalue weighted by Crippen LogP contribution is -2.38. The molecule has 3 rings (SSSR count). The first kappa shape index (κ1) is 21.3. The molecule has 0 unspecified atom stereocenters. The number of piperidine rings is 1. The summed E-state index contributed by atoms with van der Waals surface area (Å²) in [4.78, 5) is 12.9. The van der Waals surface area contributed by atoms with Gasteiger partial charge in [-0.1, -0.05) is 25.1 Å². The molecule has 1 amide bonds. The molecule has 0 aliphatic carbocycles. The second-order valence-electron chi connectivity index (χ2n) is 7.81. The van der Waals surface area contributed by atoms with Crippen molar-refractivity contribution in [2.75, 3.05) is 13.1 Å². The fourth-order valence-corrected chi connectivity index (χ4v) is 5.32. The van der Waals surface area contributed by atoms with E-state index in [0.717, 1.165) is 18.4 Å². The van der Waals surface area contributed by atoms with Crippen molar-refractivity contribution in [3.05, 3.63) is 58.7 Å². The number of rotatable bonds is 5. The van der Waals surface area contributed by atoms with Crippen LogP contribution in [0.4, 0.5) is 0 Å². The van der Waals surface area contributed by atoms with Crippen LogP contribution in [0.1, 0.15) is 46.8 Å². The fraction of sp³-hybridized carbons (Fsp3) is 0.409. The highest BCUT2D eigenvalue weighted by Crippen LogP contribution is 2.28. The number of carbonyl (C=O) groups excluding carboxylic acids is 1. The van der Waals surface area contributed by atoms with Crippen LogP contribution < -0.4 is 5.32 Å². The number of sulfonamides is 1. The summed E-state index contributed by atoms with van der Waals surface area (Å²) in [6.07, 6.45) is 1.69. The van der Waals surface area contributed by atoms with E-state index in [1.54, 1.807) is 37.3 Å². The fourth-order valence-electron chi connectivity index (χ4n) is 3.53. The Bertz CT molecular complexity index is 1010. The Labute approximate surface area is 172 Å². The van der Waals surface area contributed by atoms with Gasteiger partial charge < -0.3 is 10.4 Å². The lowest BCUT2D eigenvalue weighted by molar-refractivity contribution is 0.0950. The molecule has 0 aromatic heterocycles. The van der Waals surface area contributed by atoms with Gasteiger partial charge in [-0.15, -0.1) is 0 Å². The summed E-state index contributed by atoms with van der Waals surface area (Å²) >= 11 is 0. The van der Waals surface area contributed by atoms with Gasteiger partial charge in [0.15, 0.2) is 0 Å². The third-order valence-corrected chi connectivity index (χ3v) is 7.70. The maximum atomic E-state index is 13.2.